The smallest absolute Gasteiger partial charge is 0.326 e. The number of carbonyl (C=O) groups is 5. The van der Waals surface area contributed by atoms with Crippen LogP contribution in [0.5, 0.6) is 0 Å². The van der Waals surface area contributed by atoms with Crippen molar-refractivity contribution in [3.8, 4) is 0 Å². The van der Waals surface area contributed by atoms with Crippen molar-refractivity contribution in [3.05, 3.63) is 0 Å². The third-order valence-electron chi connectivity index (χ3n) is 7.36. The van der Waals surface area contributed by atoms with E-state index in [9.17, 15) is 34.2 Å². The third-order valence-corrected chi connectivity index (χ3v) is 7.36. The molecule has 0 bridgehead atoms. The molecule has 46 heavy (non-hydrogen) atoms. The average molecular weight is 657 g/mol. The number of nitrogens with one attached hydrogen (secondary N) is 3. The Morgan fingerprint density at radius 3 is 1.89 bits per heavy atom. The van der Waals surface area contributed by atoms with Crippen LogP contribution < -0.4 is 50.4 Å². The molecule has 1 fully saturated rings. The van der Waals surface area contributed by atoms with E-state index in [2.05, 4.69) is 25.9 Å². The van der Waals surface area contributed by atoms with Crippen LogP contribution in [-0.2, 0) is 24.0 Å². The minimum Gasteiger partial charge on any atom is -0.480 e. The summed E-state index contributed by atoms with van der Waals surface area (Å²) in [6.45, 7) is 2.26. The van der Waals surface area contributed by atoms with Gasteiger partial charge in [0.1, 0.15) is 30.2 Å². The maximum Gasteiger partial charge on any atom is 0.326 e. The average Bonchev–Trinajstić information content (AvgIpc) is 3.48. The molecule has 1 aliphatic rings. The van der Waals surface area contributed by atoms with Gasteiger partial charge in [-0.3, -0.25) is 29.2 Å². The van der Waals surface area contributed by atoms with Gasteiger partial charge in [-0.2, -0.15) is 0 Å². The second-order valence-electron chi connectivity index (χ2n) is 11.2. The summed E-state index contributed by atoms with van der Waals surface area (Å²) < 4.78 is 0. The van der Waals surface area contributed by atoms with Crippen molar-refractivity contribution in [1.29, 1.82) is 0 Å². The van der Waals surface area contributed by atoms with Crippen LogP contribution >= 0.6 is 0 Å². The second-order valence-corrected chi connectivity index (χ2v) is 11.2. The lowest BCUT2D eigenvalue weighted by molar-refractivity contribution is -0.143. The van der Waals surface area contributed by atoms with Crippen LogP contribution in [0.25, 0.3) is 0 Å². The number of nitrogens with two attached hydrogens (primary N) is 6. The van der Waals surface area contributed by atoms with Gasteiger partial charge in [0.15, 0.2) is 11.9 Å². The van der Waals surface area contributed by atoms with E-state index in [1.807, 2.05) is 0 Å². The zero-order valence-electron chi connectivity index (χ0n) is 26.4. The molecule has 6 atom stereocenters. The normalized spacial score (nSPS) is 17.5. The summed E-state index contributed by atoms with van der Waals surface area (Å²) in [7, 11) is 0. The Bertz CT molecular complexity index is 1080. The minimum atomic E-state index is -1.28. The molecule has 0 unspecified atom stereocenters. The zero-order valence-corrected chi connectivity index (χ0v) is 26.4. The summed E-state index contributed by atoms with van der Waals surface area (Å²) in [6.07, 6.45) is 1.57. The van der Waals surface area contributed by atoms with E-state index in [4.69, 9.17) is 34.4 Å². The molecule has 0 aromatic rings. The van der Waals surface area contributed by atoms with Crippen LogP contribution in [0.1, 0.15) is 64.7 Å². The number of carboxylic acid groups (broad SMARTS) is 1. The Morgan fingerprint density at radius 2 is 1.37 bits per heavy atom. The highest BCUT2D eigenvalue weighted by molar-refractivity contribution is 5.95. The van der Waals surface area contributed by atoms with Gasteiger partial charge in [-0.1, -0.05) is 0 Å². The molecule has 0 aliphatic carbocycles. The lowest BCUT2D eigenvalue weighted by Crippen LogP contribution is -2.58. The zero-order chi connectivity index (χ0) is 34.8. The number of carboxylic acids is 1. The largest absolute Gasteiger partial charge is 0.480 e. The van der Waals surface area contributed by atoms with Crippen LogP contribution in [0.4, 0.5) is 0 Å². The molecule has 0 radical (unpaired) electrons. The van der Waals surface area contributed by atoms with Crippen molar-refractivity contribution >= 4 is 41.5 Å². The van der Waals surface area contributed by atoms with E-state index in [1.54, 1.807) is 0 Å². The number of hydrogen-bond acceptors (Lipinski definition) is 10. The highest BCUT2D eigenvalue weighted by Gasteiger charge is 2.39. The molecule has 1 saturated heterocycles. The number of likely N-dealkylation sites (tertiary alicyclic amines) is 1. The van der Waals surface area contributed by atoms with Crippen LogP contribution in [0, 0.1) is 0 Å². The van der Waals surface area contributed by atoms with Crippen molar-refractivity contribution < 1.29 is 34.2 Å². The van der Waals surface area contributed by atoms with Crippen molar-refractivity contribution in [2.75, 3.05) is 26.2 Å². The Labute approximate surface area is 268 Å². The van der Waals surface area contributed by atoms with Gasteiger partial charge in [0.05, 0.1) is 6.10 Å². The van der Waals surface area contributed by atoms with Crippen molar-refractivity contribution in [1.82, 2.24) is 20.9 Å². The van der Waals surface area contributed by atoms with Crippen molar-refractivity contribution in [2.45, 2.75) is 101 Å². The van der Waals surface area contributed by atoms with Gasteiger partial charge >= 0.3 is 5.97 Å². The van der Waals surface area contributed by atoms with E-state index >= 15 is 0 Å². The van der Waals surface area contributed by atoms with E-state index in [-0.39, 0.29) is 63.7 Å². The molecule has 0 saturated carbocycles. The Kier molecular flexibility index (Phi) is 17.9. The highest BCUT2D eigenvalue weighted by atomic mass is 16.4. The number of nitrogens with zero attached hydrogens (tertiary/aromatic N) is 3. The number of carbonyl (C=O) groups excluding carboxylic acids is 4. The van der Waals surface area contributed by atoms with E-state index < -0.39 is 65.9 Å². The molecule has 1 rings (SSSR count). The van der Waals surface area contributed by atoms with Crippen LogP contribution in [0.2, 0.25) is 0 Å². The summed E-state index contributed by atoms with van der Waals surface area (Å²) in [6, 6.07) is -5.71. The van der Waals surface area contributed by atoms with Gasteiger partial charge in [0.2, 0.25) is 23.6 Å². The number of hydrogen-bond donors (Lipinski definition) is 11. The van der Waals surface area contributed by atoms with Gasteiger partial charge in [0.25, 0.3) is 0 Å². The molecule has 19 heteroatoms. The van der Waals surface area contributed by atoms with Gasteiger partial charge in [-0.25, -0.2) is 4.79 Å². The first-order valence-electron chi connectivity index (χ1n) is 15.4. The molecule has 0 aromatic carbocycles. The molecule has 1 heterocycles. The minimum absolute atomic E-state index is 0.0212. The van der Waals surface area contributed by atoms with E-state index in [0.717, 1.165) is 0 Å². The molecule has 0 aromatic heterocycles. The van der Waals surface area contributed by atoms with Gasteiger partial charge < -0.3 is 65.5 Å². The number of aliphatic hydroxyl groups excluding tert-OH is 1. The second kappa shape index (κ2) is 20.7. The standard InChI is InChI=1S/C27H52N12O7/c1-15(40)20(29)23(43)37-17(7-2-3-11-28)24(44)39-14-6-10-19(39)22(42)36-16(8-4-12-34-26(30)31)21(41)38-18(25(45)46)9-5-13-35-27(32)33/h15-20,40H,2-14,28-29H2,1H3,(H,36,42)(H,37,43)(H,38,41)(H,45,46)(H4,30,31,34)(H4,32,33,35)/t15-,16+,17+,18+,19+,20+/m1/s1. The Hall–Kier alpha value is -4.23. The highest BCUT2D eigenvalue weighted by Crippen LogP contribution is 2.21. The number of guanidine groups is 2. The fourth-order valence-corrected chi connectivity index (χ4v) is 4.81. The fraction of sp³-hybridized carbons (Fsp3) is 0.741. The Morgan fingerprint density at radius 1 is 0.826 bits per heavy atom. The first-order chi connectivity index (χ1) is 21.7. The number of unbranched alkanes of at least 4 members (excludes halogenated alkanes) is 1. The van der Waals surface area contributed by atoms with Crippen LogP contribution in [0.3, 0.4) is 0 Å². The predicted molar refractivity (Wildman–Crippen MR) is 171 cm³/mol. The number of amides is 4. The van der Waals surface area contributed by atoms with E-state index in [1.165, 1.54) is 11.8 Å². The molecule has 262 valence electrons. The Balaban J connectivity index is 3.12. The van der Waals surface area contributed by atoms with Crippen molar-refractivity contribution in [3.63, 3.8) is 0 Å². The summed E-state index contributed by atoms with van der Waals surface area (Å²) in [5, 5.41) is 27.1. The summed E-state index contributed by atoms with van der Waals surface area (Å²) in [4.78, 5) is 73.9. The van der Waals surface area contributed by atoms with Crippen molar-refractivity contribution in [2.24, 2.45) is 44.4 Å². The van der Waals surface area contributed by atoms with Crippen LogP contribution in [0.15, 0.2) is 9.98 Å². The number of aliphatic hydroxyl groups is 1. The summed E-state index contributed by atoms with van der Waals surface area (Å²) in [5.74, 6) is -4.19. The topological polar surface area (TPSA) is 346 Å². The lowest BCUT2D eigenvalue weighted by atomic mass is 10.0. The van der Waals surface area contributed by atoms with Gasteiger partial charge in [-0.05, 0) is 71.3 Å². The first kappa shape index (κ1) is 39.8. The lowest BCUT2D eigenvalue weighted by Gasteiger charge is -2.30. The number of rotatable bonds is 21. The molecule has 19 nitrogen and oxygen atoms in total. The monoisotopic (exact) mass is 656 g/mol. The third kappa shape index (κ3) is 14.2. The first-order valence-corrected chi connectivity index (χ1v) is 15.4. The predicted octanol–water partition coefficient (Wildman–Crippen LogP) is -4.54. The summed E-state index contributed by atoms with van der Waals surface area (Å²) in [5.41, 5.74) is 32.7. The van der Waals surface area contributed by atoms with Crippen LogP contribution in [-0.4, -0.2) is 119 Å². The molecule has 0 spiro atoms. The van der Waals surface area contributed by atoms with Gasteiger partial charge in [0, 0.05) is 19.6 Å². The molecular weight excluding hydrogens is 604 g/mol. The maximum atomic E-state index is 13.7. The van der Waals surface area contributed by atoms with Gasteiger partial charge in [-0.15, -0.1) is 0 Å². The van der Waals surface area contributed by atoms with E-state index in [0.29, 0.717) is 32.2 Å². The fourth-order valence-electron chi connectivity index (χ4n) is 4.81. The number of aliphatic carboxylic acids is 1. The molecule has 4 amide bonds. The number of aliphatic imine (C=N–C) groups is 2. The molecular formula is C27H52N12O7. The SMILES string of the molecule is C[C@@H](O)[C@H](N)C(=O)N[C@@H](CCCCN)C(=O)N1CCC[C@H]1C(=O)N[C@@H](CCCN=C(N)N)C(=O)N[C@@H](CCCN=C(N)N)C(=O)O. The molecule has 17 N–H and O–H groups in total. The maximum absolute atomic E-state index is 13.7. The quantitative estimate of drug-likeness (QED) is 0.0315. The molecule has 1 aliphatic heterocycles. The summed E-state index contributed by atoms with van der Waals surface area (Å²) >= 11 is 0.